The van der Waals surface area contributed by atoms with Gasteiger partial charge in [-0.25, -0.2) is 0 Å². The normalized spacial score (nSPS) is 13.1. The standard InChI is InChI=1S/C27H23BrCl2N4O4/c28-20-5-3-18(4-6-20)24(35)31-16-17-1-7-23(8-2-17)32-25(36)27(38)34-11-9-33(10-12-34)26(37)19-13-21(29)15-22(30)14-19/h1-8,13-15H,9-12,16H2,(H,31,35)(H,32,36). The largest absolute Gasteiger partial charge is 0.348 e. The first-order valence-corrected chi connectivity index (χ1v) is 13.2. The van der Waals surface area contributed by atoms with Gasteiger partial charge < -0.3 is 20.4 Å². The lowest BCUT2D eigenvalue weighted by Crippen LogP contribution is -2.53. The van der Waals surface area contributed by atoms with E-state index in [4.69, 9.17) is 23.2 Å². The first kappa shape index (κ1) is 27.6. The molecule has 0 spiro atoms. The van der Waals surface area contributed by atoms with Gasteiger partial charge in [0.2, 0.25) is 0 Å². The molecule has 0 bridgehead atoms. The number of amides is 4. The number of carbonyl (C=O) groups excluding carboxylic acids is 4. The number of halogens is 3. The molecule has 196 valence electrons. The summed E-state index contributed by atoms with van der Waals surface area (Å²) in [5.74, 6) is -1.87. The summed E-state index contributed by atoms with van der Waals surface area (Å²) < 4.78 is 0.891. The molecule has 1 aliphatic heterocycles. The van der Waals surface area contributed by atoms with E-state index in [1.165, 1.54) is 4.90 Å². The molecule has 0 aromatic heterocycles. The summed E-state index contributed by atoms with van der Waals surface area (Å²) in [6.07, 6.45) is 0. The van der Waals surface area contributed by atoms with Gasteiger partial charge in [0.15, 0.2) is 0 Å². The average Bonchev–Trinajstić information content (AvgIpc) is 2.91. The van der Waals surface area contributed by atoms with Crippen LogP contribution in [-0.2, 0) is 16.1 Å². The maximum atomic E-state index is 12.8. The number of benzene rings is 3. The number of piperazine rings is 1. The molecule has 0 saturated carbocycles. The van der Waals surface area contributed by atoms with Gasteiger partial charge in [-0.1, -0.05) is 51.3 Å². The molecule has 0 aliphatic carbocycles. The molecule has 3 aromatic rings. The molecule has 1 saturated heterocycles. The summed E-state index contributed by atoms with van der Waals surface area (Å²) in [4.78, 5) is 53.2. The Labute approximate surface area is 238 Å². The van der Waals surface area contributed by atoms with E-state index in [-0.39, 0.29) is 38.0 Å². The predicted octanol–water partition coefficient (Wildman–Crippen LogP) is 4.61. The molecule has 3 aromatic carbocycles. The minimum absolute atomic E-state index is 0.196. The van der Waals surface area contributed by atoms with Gasteiger partial charge in [0.25, 0.3) is 11.8 Å². The Bertz CT molecular complexity index is 1340. The molecule has 11 heteroatoms. The summed E-state index contributed by atoms with van der Waals surface area (Å²) in [5, 5.41) is 6.17. The molecule has 1 aliphatic rings. The first-order chi connectivity index (χ1) is 18.2. The highest BCUT2D eigenvalue weighted by Gasteiger charge is 2.28. The fourth-order valence-electron chi connectivity index (χ4n) is 3.89. The van der Waals surface area contributed by atoms with Crippen molar-refractivity contribution in [2.24, 2.45) is 0 Å². The van der Waals surface area contributed by atoms with Gasteiger partial charge in [0.05, 0.1) is 0 Å². The molecule has 1 fully saturated rings. The van der Waals surface area contributed by atoms with Crippen molar-refractivity contribution in [3.63, 3.8) is 0 Å². The van der Waals surface area contributed by atoms with Crippen molar-refractivity contribution in [1.29, 1.82) is 0 Å². The third-order valence-corrected chi connectivity index (χ3v) is 6.89. The number of hydrogen-bond donors (Lipinski definition) is 2. The Balaban J connectivity index is 1.24. The highest BCUT2D eigenvalue weighted by Crippen LogP contribution is 2.21. The lowest BCUT2D eigenvalue weighted by molar-refractivity contribution is -0.144. The van der Waals surface area contributed by atoms with Crippen molar-refractivity contribution in [2.75, 3.05) is 31.5 Å². The van der Waals surface area contributed by atoms with Crippen LogP contribution < -0.4 is 10.6 Å². The molecule has 0 unspecified atom stereocenters. The van der Waals surface area contributed by atoms with E-state index in [0.717, 1.165) is 10.0 Å². The number of rotatable bonds is 5. The lowest BCUT2D eigenvalue weighted by atomic mass is 10.1. The van der Waals surface area contributed by atoms with E-state index in [9.17, 15) is 19.2 Å². The molecular weight excluding hydrogens is 595 g/mol. The van der Waals surface area contributed by atoms with Gasteiger partial charge >= 0.3 is 11.8 Å². The summed E-state index contributed by atoms with van der Waals surface area (Å²) in [7, 11) is 0. The second kappa shape index (κ2) is 12.4. The van der Waals surface area contributed by atoms with Crippen LogP contribution in [0.1, 0.15) is 26.3 Å². The van der Waals surface area contributed by atoms with Crippen LogP contribution in [0, 0.1) is 0 Å². The highest BCUT2D eigenvalue weighted by atomic mass is 79.9. The van der Waals surface area contributed by atoms with Gasteiger partial charge in [-0.05, 0) is 60.2 Å². The van der Waals surface area contributed by atoms with Crippen LogP contribution in [0.15, 0.2) is 71.2 Å². The van der Waals surface area contributed by atoms with Crippen LogP contribution in [0.3, 0.4) is 0 Å². The van der Waals surface area contributed by atoms with Crippen LogP contribution in [0.5, 0.6) is 0 Å². The average molecular weight is 618 g/mol. The Kier molecular flexibility index (Phi) is 9.04. The Morgan fingerprint density at radius 1 is 0.763 bits per heavy atom. The molecule has 4 amide bonds. The third-order valence-electron chi connectivity index (χ3n) is 5.93. The molecule has 4 rings (SSSR count). The quantitative estimate of drug-likeness (QED) is 0.409. The molecular formula is C27H23BrCl2N4O4. The van der Waals surface area contributed by atoms with Gasteiger partial charge in [-0.2, -0.15) is 0 Å². The van der Waals surface area contributed by atoms with Crippen LogP contribution >= 0.6 is 39.1 Å². The zero-order valence-corrected chi connectivity index (χ0v) is 23.1. The lowest BCUT2D eigenvalue weighted by Gasteiger charge is -2.34. The summed E-state index contributed by atoms with van der Waals surface area (Å²) in [6, 6.07) is 18.5. The number of hydrogen-bond acceptors (Lipinski definition) is 4. The smallest absolute Gasteiger partial charge is 0.313 e. The minimum atomic E-state index is -0.761. The Hall–Kier alpha value is -3.40. The molecule has 0 radical (unpaired) electrons. The Morgan fingerprint density at radius 2 is 1.34 bits per heavy atom. The second-order valence-electron chi connectivity index (χ2n) is 8.58. The molecule has 8 nitrogen and oxygen atoms in total. The summed E-state index contributed by atoms with van der Waals surface area (Å²) in [6.45, 7) is 1.32. The van der Waals surface area contributed by atoms with E-state index in [1.807, 2.05) is 0 Å². The third kappa shape index (κ3) is 7.12. The number of nitrogens with zero attached hydrogens (tertiary/aromatic N) is 2. The van der Waals surface area contributed by atoms with Gasteiger partial charge in [0, 0.05) is 64.1 Å². The molecule has 2 N–H and O–H groups in total. The monoisotopic (exact) mass is 616 g/mol. The predicted molar refractivity (Wildman–Crippen MR) is 149 cm³/mol. The van der Waals surface area contributed by atoms with Crippen molar-refractivity contribution in [2.45, 2.75) is 6.54 Å². The fourth-order valence-corrected chi connectivity index (χ4v) is 4.68. The van der Waals surface area contributed by atoms with Crippen molar-refractivity contribution in [1.82, 2.24) is 15.1 Å². The molecule has 1 heterocycles. The number of nitrogens with one attached hydrogen (secondary N) is 2. The van der Waals surface area contributed by atoms with Crippen molar-refractivity contribution in [3.8, 4) is 0 Å². The second-order valence-corrected chi connectivity index (χ2v) is 10.4. The highest BCUT2D eigenvalue weighted by molar-refractivity contribution is 9.10. The van der Waals surface area contributed by atoms with Crippen LogP contribution in [-0.4, -0.2) is 59.6 Å². The zero-order chi connectivity index (χ0) is 27.2. The summed E-state index contributed by atoms with van der Waals surface area (Å²) >= 11 is 15.3. The van der Waals surface area contributed by atoms with E-state index < -0.39 is 11.8 Å². The van der Waals surface area contributed by atoms with Crippen molar-refractivity contribution >= 4 is 68.4 Å². The van der Waals surface area contributed by atoms with Gasteiger partial charge in [-0.3, -0.25) is 19.2 Å². The van der Waals surface area contributed by atoms with Gasteiger partial charge in [-0.15, -0.1) is 0 Å². The van der Waals surface area contributed by atoms with Crippen molar-refractivity contribution in [3.05, 3.63) is 97.9 Å². The van der Waals surface area contributed by atoms with Crippen LogP contribution in [0.25, 0.3) is 0 Å². The van der Waals surface area contributed by atoms with E-state index in [0.29, 0.717) is 33.4 Å². The maximum absolute atomic E-state index is 12.8. The van der Waals surface area contributed by atoms with Gasteiger partial charge in [0.1, 0.15) is 0 Å². The van der Waals surface area contributed by atoms with Crippen LogP contribution in [0.2, 0.25) is 10.0 Å². The molecule has 0 atom stereocenters. The fraction of sp³-hybridized carbons (Fsp3) is 0.185. The van der Waals surface area contributed by atoms with E-state index in [1.54, 1.807) is 71.6 Å². The van der Waals surface area contributed by atoms with Crippen molar-refractivity contribution < 1.29 is 19.2 Å². The number of anilines is 1. The Morgan fingerprint density at radius 3 is 1.95 bits per heavy atom. The number of carbonyl (C=O) groups is 4. The maximum Gasteiger partial charge on any atom is 0.313 e. The SMILES string of the molecule is O=C(Nc1ccc(CNC(=O)c2ccc(Br)cc2)cc1)C(=O)N1CCN(C(=O)c2cc(Cl)cc(Cl)c2)CC1. The van der Waals surface area contributed by atoms with E-state index >= 15 is 0 Å². The topological polar surface area (TPSA) is 98.8 Å². The van der Waals surface area contributed by atoms with Crippen LogP contribution in [0.4, 0.5) is 5.69 Å². The molecule has 38 heavy (non-hydrogen) atoms. The zero-order valence-electron chi connectivity index (χ0n) is 20.0. The van der Waals surface area contributed by atoms with E-state index in [2.05, 4.69) is 26.6 Å². The first-order valence-electron chi connectivity index (χ1n) is 11.7. The summed E-state index contributed by atoms with van der Waals surface area (Å²) in [5.41, 5.74) is 2.21. The minimum Gasteiger partial charge on any atom is -0.348 e.